The topological polar surface area (TPSA) is 30.5 Å². The van der Waals surface area contributed by atoms with Gasteiger partial charge in [-0.25, -0.2) is 0 Å². The lowest BCUT2D eigenvalue weighted by molar-refractivity contribution is -0.0701. The van der Waals surface area contributed by atoms with E-state index in [2.05, 4.69) is 17.1 Å². The van der Waals surface area contributed by atoms with Gasteiger partial charge in [-0.2, -0.15) is 11.8 Å². The Hall–Kier alpha value is 0.230. The Labute approximate surface area is 114 Å². The lowest BCUT2D eigenvalue weighted by atomic mass is 9.89. The van der Waals surface area contributed by atoms with Gasteiger partial charge < -0.3 is 14.8 Å². The Kier molecular flexibility index (Phi) is 4.50. The van der Waals surface area contributed by atoms with Crippen LogP contribution in [-0.4, -0.2) is 49.5 Å². The van der Waals surface area contributed by atoms with Gasteiger partial charge in [0.25, 0.3) is 0 Å². The highest BCUT2D eigenvalue weighted by molar-refractivity contribution is 7.99. The molecule has 3 saturated heterocycles. The molecule has 3 aliphatic heterocycles. The van der Waals surface area contributed by atoms with Crippen LogP contribution < -0.4 is 5.32 Å². The van der Waals surface area contributed by atoms with Gasteiger partial charge in [-0.1, -0.05) is 0 Å². The first-order chi connectivity index (χ1) is 8.86. The van der Waals surface area contributed by atoms with Gasteiger partial charge in [0, 0.05) is 31.6 Å². The Morgan fingerprint density at radius 2 is 2.28 bits per heavy atom. The van der Waals surface area contributed by atoms with Crippen molar-refractivity contribution >= 4 is 11.8 Å². The van der Waals surface area contributed by atoms with E-state index in [1.54, 1.807) is 0 Å². The van der Waals surface area contributed by atoms with Crippen molar-refractivity contribution in [3.8, 4) is 0 Å². The van der Waals surface area contributed by atoms with Crippen molar-refractivity contribution in [3.63, 3.8) is 0 Å². The maximum Gasteiger partial charge on any atom is 0.0795 e. The fourth-order valence-corrected chi connectivity index (χ4v) is 4.75. The molecule has 3 nitrogen and oxygen atoms in total. The van der Waals surface area contributed by atoms with E-state index >= 15 is 0 Å². The summed E-state index contributed by atoms with van der Waals surface area (Å²) in [5.74, 6) is 3.29. The summed E-state index contributed by atoms with van der Waals surface area (Å²) < 4.78 is 11.5. The van der Waals surface area contributed by atoms with Gasteiger partial charge in [0.2, 0.25) is 0 Å². The molecule has 1 spiro atoms. The van der Waals surface area contributed by atoms with Crippen LogP contribution in [0.1, 0.15) is 32.1 Å². The van der Waals surface area contributed by atoms with E-state index in [0.29, 0.717) is 6.04 Å². The highest BCUT2D eigenvalue weighted by Gasteiger charge is 2.40. The minimum absolute atomic E-state index is 0.219. The van der Waals surface area contributed by atoms with Gasteiger partial charge in [-0.3, -0.25) is 0 Å². The summed E-state index contributed by atoms with van der Waals surface area (Å²) in [5, 5.41) is 3.75. The molecule has 3 rings (SSSR count). The first-order valence-electron chi connectivity index (χ1n) is 7.39. The number of ether oxygens (including phenoxy) is 2. The van der Waals surface area contributed by atoms with Crippen LogP contribution in [0.15, 0.2) is 0 Å². The van der Waals surface area contributed by atoms with Crippen molar-refractivity contribution < 1.29 is 9.47 Å². The zero-order valence-electron chi connectivity index (χ0n) is 11.2. The van der Waals surface area contributed by atoms with Gasteiger partial charge in [-0.15, -0.1) is 0 Å². The second-order valence-corrected chi connectivity index (χ2v) is 7.10. The molecule has 0 saturated carbocycles. The van der Waals surface area contributed by atoms with Crippen molar-refractivity contribution in [1.29, 1.82) is 0 Å². The smallest absolute Gasteiger partial charge is 0.0795 e. The molecule has 0 bridgehead atoms. The van der Waals surface area contributed by atoms with Crippen molar-refractivity contribution in [2.45, 2.75) is 43.7 Å². The average molecular weight is 271 g/mol. The second-order valence-electron chi connectivity index (χ2n) is 6.00. The molecule has 3 fully saturated rings. The third kappa shape index (κ3) is 3.21. The largest absolute Gasteiger partial charge is 0.381 e. The first-order valence-corrected chi connectivity index (χ1v) is 8.55. The van der Waals surface area contributed by atoms with Crippen LogP contribution in [0.3, 0.4) is 0 Å². The van der Waals surface area contributed by atoms with Gasteiger partial charge in [0.05, 0.1) is 5.60 Å². The summed E-state index contributed by atoms with van der Waals surface area (Å²) in [7, 11) is 0. The van der Waals surface area contributed by atoms with E-state index in [1.165, 1.54) is 43.6 Å². The third-order valence-corrected chi connectivity index (χ3v) is 5.79. The van der Waals surface area contributed by atoms with E-state index < -0.39 is 0 Å². The molecule has 18 heavy (non-hydrogen) atoms. The van der Waals surface area contributed by atoms with Crippen LogP contribution in [-0.2, 0) is 9.47 Å². The molecule has 4 heteroatoms. The Bertz CT molecular complexity index is 263. The van der Waals surface area contributed by atoms with Crippen molar-refractivity contribution in [3.05, 3.63) is 0 Å². The monoisotopic (exact) mass is 271 g/mol. The fraction of sp³-hybridized carbons (Fsp3) is 1.00. The van der Waals surface area contributed by atoms with Gasteiger partial charge in [-0.05, 0) is 50.3 Å². The quantitative estimate of drug-likeness (QED) is 0.848. The number of rotatable bonds is 4. The van der Waals surface area contributed by atoms with E-state index in [9.17, 15) is 0 Å². The molecular formula is C14H25NO2S. The van der Waals surface area contributed by atoms with Crippen LogP contribution in [0, 0.1) is 5.92 Å². The lowest BCUT2D eigenvalue weighted by Crippen LogP contribution is -2.47. The Morgan fingerprint density at radius 1 is 1.28 bits per heavy atom. The van der Waals surface area contributed by atoms with E-state index in [0.717, 1.165) is 32.3 Å². The highest BCUT2D eigenvalue weighted by atomic mass is 32.2. The lowest BCUT2D eigenvalue weighted by Gasteiger charge is -2.38. The summed E-state index contributed by atoms with van der Waals surface area (Å²) in [6.07, 6.45) is 6.20. The number of thioether (sulfide) groups is 1. The summed E-state index contributed by atoms with van der Waals surface area (Å²) in [6, 6.07) is 0.680. The third-order valence-electron chi connectivity index (χ3n) is 4.57. The summed E-state index contributed by atoms with van der Waals surface area (Å²) >= 11 is 2.06. The Morgan fingerprint density at radius 3 is 3.06 bits per heavy atom. The zero-order chi connectivity index (χ0) is 12.3. The van der Waals surface area contributed by atoms with Crippen molar-refractivity contribution in [2.75, 3.05) is 37.9 Å². The minimum atomic E-state index is 0.219. The molecule has 0 aromatic heterocycles. The normalized spacial score (nSPS) is 40.7. The van der Waals surface area contributed by atoms with E-state index in [4.69, 9.17) is 9.47 Å². The van der Waals surface area contributed by atoms with E-state index in [1.807, 2.05) is 0 Å². The van der Waals surface area contributed by atoms with E-state index in [-0.39, 0.29) is 5.60 Å². The van der Waals surface area contributed by atoms with Gasteiger partial charge >= 0.3 is 0 Å². The molecule has 3 atom stereocenters. The molecule has 3 aliphatic rings. The van der Waals surface area contributed by atoms with Gasteiger partial charge in [0.1, 0.15) is 0 Å². The molecule has 0 aromatic rings. The standard InChI is InChI=1S/C14H25NO2S/c1(12-2-6-16-10-12)5-15-13-3-7-17-14(9-13)4-8-18-11-14/h12-13,15H,1-11H2. The van der Waals surface area contributed by atoms with Crippen LogP contribution in [0.25, 0.3) is 0 Å². The van der Waals surface area contributed by atoms with Gasteiger partial charge in [0.15, 0.2) is 0 Å². The molecule has 1 N–H and O–H groups in total. The summed E-state index contributed by atoms with van der Waals surface area (Å²) in [6.45, 7) is 4.06. The molecule has 0 radical (unpaired) electrons. The van der Waals surface area contributed by atoms with Crippen LogP contribution in [0.2, 0.25) is 0 Å². The Balaban J connectivity index is 1.39. The zero-order valence-corrected chi connectivity index (χ0v) is 12.0. The number of nitrogens with one attached hydrogen (secondary N) is 1. The van der Waals surface area contributed by atoms with Crippen LogP contribution in [0.4, 0.5) is 0 Å². The maximum atomic E-state index is 6.06. The summed E-state index contributed by atoms with van der Waals surface area (Å²) in [4.78, 5) is 0. The molecule has 104 valence electrons. The SMILES string of the molecule is C(CC1CCOC1)NC1CCOC2(CCSC2)C1. The average Bonchev–Trinajstić information content (AvgIpc) is 3.02. The summed E-state index contributed by atoms with van der Waals surface area (Å²) in [5.41, 5.74) is 0.219. The maximum absolute atomic E-state index is 6.06. The number of hydrogen-bond donors (Lipinski definition) is 1. The molecule has 3 unspecified atom stereocenters. The molecular weight excluding hydrogens is 246 g/mol. The van der Waals surface area contributed by atoms with Crippen LogP contribution >= 0.6 is 11.8 Å². The number of hydrogen-bond acceptors (Lipinski definition) is 4. The predicted molar refractivity (Wildman–Crippen MR) is 75.2 cm³/mol. The fourth-order valence-electron chi connectivity index (χ4n) is 3.37. The molecule has 0 amide bonds. The van der Waals surface area contributed by atoms with Crippen molar-refractivity contribution in [2.24, 2.45) is 5.92 Å². The molecule has 0 aliphatic carbocycles. The van der Waals surface area contributed by atoms with Crippen LogP contribution in [0.5, 0.6) is 0 Å². The predicted octanol–water partition coefficient (Wildman–Crippen LogP) is 2.06. The minimum Gasteiger partial charge on any atom is -0.381 e. The van der Waals surface area contributed by atoms with Crippen molar-refractivity contribution in [1.82, 2.24) is 5.32 Å². The second kappa shape index (κ2) is 6.12. The highest BCUT2D eigenvalue weighted by Crippen LogP contribution is 2.38. The molecule has 0 aromatic carbocycles. The molecule has 3 heterocycles. The first kappa shape index (κ1) is 13.2.